The lowest BCUT2D eigenvalue weighted by atomic mass is 9.96. The molecule has 2 amide bonds. The molecule has 0 bridgehead atoms. The average Bonchev–Trinajstić information content (AvgIpc) is 2.47. The van der Waals surface area contributed by atoms with Crippen LogP contribution in [0.1, 0.15) is 25.3 Å². The minimum absolute atomic E-state index is 0.158. The smallest absolute Gasteiger partial charge is 0.315 e. The van der Waals surface area contributed by atoms with Crippen molar-refractivity contribution in [1.29, 1.82) is 0 Å². The molecule has 1 heterocycles. The first-order valence-electron chi connectivity index (χ1n) is 6.98. The van der Waals surface area contributed by atoms with E-state index in [0.717, 1.165) is 18.4 Å². The van der Waals surface area contributed by atoms with Crippen molar-refractivity contribution in [2.45, 2.75) is 31.4 Å². The zero-order valence-corrected chi connectivity index (χ0v) is 11.8. The molecule has 1 aromatic rings. The van der Waals surface area contributed by atoms with Crippen LogP contribution in [0.25, 0.3) is 0 Å². The molecule has 2 rings (SSSR count). The number of carbonyl (C=O) groups excluding carboxylic acids is 1. The molecule has 3 N–H and O–H groups in total. The third kappa shape index (κ3) is 4.21. The van der Waals surface area contributed by atoms with E-state index in [4.69, 9.17) is 4.74 Å². The molecule has 1 fully saturated rings. The van der Waals surface area contributed by atoms with Gasteiger partial charge in [0.25, 0.3) is 0 Å². The molecule has 1 saturated heterocycles. The number of rotatable bonds is 4. The molecule has 110 valence electrons. The van der Waals surface area contributed by atoms with Gasteiger partial charge in [0.1, 0.15) is 5.60 Å². The number of carbonyl (C=O) groups is 1. The molecule has 20 heavy (non-hydrogen) atoms. The summed E-state index contributed by atoms with van der Waals surface area (Å²) >= 11 is 0. The Kier molecular flexibility index (Phi) is 4.98. The Morgan fingerprint density at radius 1 is 1.35 bits per heavy atom. The summed E-state index contributed by atoms with van der Waals surface area (Å²) in [6.45, 7) is 3.24. The zero-order chi connectivity index (χ0) is 14.4. The lowest BCUT2D eigenvalue weighted by Gasteiger charge is -2.26. The van der Waals surface area contributed by atoms with Gasteiger partial charge in [-0.15, -0.1) is 0 Å². The molecular formula is C15H22N2O3. The number of urea groups is 1. The Hall–Kier alpha value is -1.59. The van der Waals surface area contributed by atoms with Crippen LogP contribution in [0.3, 0.4) is 0 Å². The van der Waals surface area contributed by atoms with Gasteiger partial charge in [-0.05, 0) is 25.3 Å². The van der Waals surface area contributed by atoms with Crippen LogP contribution >= 0.6 is 0 Å². The fraction of sp³-hybridized carbons (Fsp3) is 0.533. The second kappa shape index (κ2) is 6.72. The molecule has 0 unspecified atom stereocenters. The third-order valence-corrected chi connectivity index (χ3v) is 3.55. The number of hydrogen-bond donors (Lipinski definition) is 3. The van der Waals surface area contributed by atoms with Crippen molar-refractivity contribution in [3.63, 3.8) is 0 Å². The highest BCUT2D eigenvalue weighted by Crippen LogP contribution is 2.18. The Morgan fingerprint density at radius 3 is 2.65 bits per heavy atom. The minimum Gasteiger partial charge on any atom is -0.384 e. The van der Waals surface area contributed by atoms with E-state index in [0.29, 0.717) is 13.2 Å². The number of benzene rings is 1. The number of amides is 2. The van der Waals surface area contributed by atoms with Gasteiger partial charge in [0, 0.05) is 19.3 Å². The van der Waals surface area contributed by atoms with Crippen LogP contribution in [-0.2, 0) is 10.3 Å². The van der Waals surface area contributed by atoms with Crippen LogP contribution in [0.2, 0.25) is 0 Å². The van der Waals surface area contributed by atoms with Crippen molar-refractivity contribution in [3.8, 4) is 0 Å². The molecular weight excluding hydrogens is 256 g/mol. The van der Waals surface area contributed by atoms with E-state index in [2.05, 4.69) is 10.6 Å². The maximum absolute atomic E-state index is 11.8. The Bertz CT molecular complexity index is 428. The van der Waals surface area contributed by atoms with Gasteiger partial charge in [-0.2, -0.15) is 0 Å². The molecule has 0 aromatic heterocycles. The monoisotopic (exact) mass is 278 g/mol. The van der Waals surface area contributed by atoms with Gasteiger partial charge in [0.05, 0.1) is 6.54 Å². The van der Waals surface area contributed by atoms with E-state index in [1.54, 1.807) is 6.92 Å². The highest BCUT2D eigenvalue weighted by atomic mass is 16.5. The van der Waals surface area contributed by atoms with E-state index in [9.17, 15) is 9.90 Å². The largest absolute Gasteiger partial charge is 0.384 e. The highest BCUT2D eigenvalue weighted by Gasteiger charge is 2.24. The van der Waals surface area contributed by atoms with Gasteiger partial charge in [-0.25, -0.2) is 4.79 Å². The van der Waals surface area contributed by atoms with Crippen molar-refractivity contribution in [2.75, 3.05) is 19.8 Å². The van der Waals surface area contributed by atoms with Crippen molar-refractivity contribution >= 4 is 6.03 Å². The van der Waals surface area contributed by atoms with Gasteiger partial charge in [-0.1, -0.05) is 30.3 Å². The topological polar surface area (TPSA) is 70.6 Å². The molecule has 1 aromatic carbocycles. The first-order valence-corrected chi connectivity index (χ1v) is 6.98. The standard InChI is InChI=1S/C15H22N2O3/c1-15(19,12-5-3-2-4-6-12)11-16-14(18)17-13-7-9-20-10-8-13/h2-6,13,19H,7-11H2,1H3,(H2,16,17,18)/t15-/m0/s1. The summed E-state index contributed by atoms with van der Waals surface area (Å²) in [4.78, 5) is 11.8. The van der Waals surface area contributed by atoms with Crippen molar-refractivity contribution in [3.05, 3.63) is 35.9 Å². The maximum Gasteiger partial charge on any atom is 0.315 e. The third-order valence-electron chi connectivity index (χ3n) is 3.55. The van der Waals surface area contributed by atoms with Gasteiger partial charge in [-0.3, -0.25) is 0 Å². The molecule has 0 aliphatic carbocycles. The Balaban J connectivity index is 1.80. The van der Waals surface area contributed by atoms with Crippen molar-refractivity contribution in [1.82, 2.24) is 10.6 Å². The molecule has 1 aliphatic rings. The number of ether oxygens (including phenoxy) is 1. The molecule has 1 aliphatic heterocycles. The van der Waals surface area contributed by atoms with E-state index in [1.165, 1.54) is 0 Å². The first-order chi connectivity index (χ1) is 9.58. The van der Waals surface area contributed by atoms with E-state index in [-0.39, 0.29) is 18.6 Å². The summed E-state index contributed by atoms with van der Waals surface area (Å²) in [5.74, 6) is 0. The van der Waals surface area contributed by atoms with Crippen LogP contribution < -0.4 is 10.6 Å². The van der Waals surface area contributed by atoms with E-state index >= 15 is 0 Å². The molecule has 5 heteroatoms. The van der Waals surface area contributed by atoms with Gasteiger partial charge in [0.15, 0.2) is 0 Å². The van der Waals surface area contributed by atoms with Crippen LogP contribution in [-0.4, -0.2) is 36.9 Å². The van der Waals surface area contributed by atoms with Crippen LogP contribution in [0.4, 0.5) is 4.79 Å². The lowest BCUT2D eigenvalue weighted by Crippen LogP contribution is -2.48. The molecule has 0 radical (unpaired) electrons. The summed E-state index contributed by atoms with van der Waals surface area (Å²) < 4.78 is 5.24. The fourth-order valence-electron chi connectivity index (χ4n) is 2.23. The predicted octanol–water partition coefficient (Wildman–Crippen LogP) is 1.37. The van der Waals surface area contributed by atoms with Crippen LogP contribution in [0, 0.1) is 0 Å². The minimum atomic E-state index is -1.08. The summed E-state index contributed by atoms with van der Waals surface area (Å²) in [5, 5.41) is 16.0. The number of aliphatic hydroxyl groups is 1. The average molecular weight is 278 g/mol. The van der Waals surface area contributed by atoms with Crippen LogP contribution in [0.5, 0.6) is 0 Å². The quantitative estimate of drug-likeness (QED) is 0.779. The summed E-state index contributed by atoms with van der Waals surface area (Å²) in [6, 6.07) is 9.23. The van der Waals surface area contributed by atoms with Crippen LogP contribution in [0.15, 0.2) is 30.3 Å². The van der Waals surface area contributed by atoms with Crippen molar-refractivity contribution in [2.24, 2.45) is 0 Å². The van der Waals surface area contributed by atoms with Gasteiger partial charge in [0.2, 0.25) is 0 Å². The number of hydrogen-bond acceptors (Lipinski definition) is 3. The normalized spacial score (nSPS) is 19.1. The predicted molar refractivity (Wildman–Crippen MR) is 76.4 cm³/mol. The van der Waals surface area contributed by atoms with Gasteiger partial charge >= 0.3 is 6.03 Å². The molecule has 0 saturated carbocycles. The van der Waals surface area contributed by atoms with E-state index in [1.807, 2.05) is 30.3 Å². The highest BCUT2D eigenvalue weighted by molar-refractivity contribution is 5.74. The van der Waals surface area contributed by atoms with Crippen molar-refractivity contribution < 1.29 is 14.6 Å². The fourth-order valence-corrected chi connectivity index (χ4v) is 2.23. The van der Waals surface area contributed by atoms with Gasteiger partial charge < -0.3 is 20.5 Å². The molecule has 1 atom stereocenters. The molecule has 5 nitrogen and oxygen atoms in total. The zero-order valence-electron chi connectivity index (χ0n) is 11.8. The molecule has 0 spiro atoms. The second-order valence-electron chi connectivity index (χ2n) is 5.35. The maximum atomic E-state index is 11.8. The Morgan fingerprint density at radius 2 is 2.00 bits per heavy atom. The first kappa shape index (κ1) is 14.8. The second-order valence-corrected chi connectivity index (χ2v) is 5.35. The Labute approximate surface area is 119 Å². The summed E-state index contributed by atoms with van der Waals surface area (Å²) in [5.41, 5.74) is -0.291. The lowest BCUT2D eigenvalue weighted by molar-refractivity contribution is 0.0579. The number of nitrogens with one attached hydrogen (secondary N) is 2. The van der Waals surface area contributed by atoms with E-state index < -0.39 is 5.60 Å². The summed E-state index contributed by atoms with van der Waals surface area (Å²) in [6.07, 6.45) is 1.67. The SMILES string of the molecule is C[C@](O)(CNC(=O)NC1CCOCC1)c1ccccc1. The summed E-state index contributed by atoms with van der Waals surface area (Å²) in [7, 11) is 0.